The Kier molecular flexibility index (Phi) is 4.17. The SMILES string of the molecule is O=C(N/N=C/c1cccc2ccccc12)c1ccc2[nH]c3c(c2c1)CCCC3. The topological polar surface area (TPSA) is 57.2 Å². The number of benzene rings is 3. The second-order valence-electron chi connectivity index (χ2n) is 7.32. The number of hydrazone groups is 1. The van der Waals surface area contributed by atoms with Crippen molar-refractivity contribution in [3.05, 3.63) is 83.0 Å². The van der Waals surface area contributed by atoms with Crippen molar-refractivity contribution in [1.82, 2.24) is 10.4 Å². The summed E-state index contributed by atoms with van der Waals surface area (Å²) in [5.74, 6) is -0.191. The summed E-state index contributed by atoms with van der Waals surface area (Å²) in [7, 11) is 0. The molecule has 0 saturated carbocycles. The number of carbonyl (C=O) groups is 1. The van der Waals surface area contributed by atoms with Crippen LogP contribution in [-0.2, 0) is 12.8 Å². The van der Waals surface area contributed by atoms with E-state index in [2.05, 4.69) is 33.7 Å². The molecule has 0 atom stereocenters. The zero-order valence-electron chi connectivity index (χ0n) is 15.5. The highest BCUT2D eigenvalue weighted by Crippen LogP contribution is 2.29. The molecule has 0 unspecified atom stereocenters. The minimum Gasteiger partial charge on any atom is -0.358 e. The van der Waals surface area contributed by atoms with Crippen molar-refractivity contribution >= 4 is 33.8 Å². The van der Waals surface area contributed by atoms with Crippen molar-refractivity contribution < 1.29 is 4.79 Å². The van der Waals surface area contributed by atoms with Gasteiger partial charge in [0.1, 0.15) is 0 Å². The van der Waals surface area contributed by atoms with Gasteiger partial charge in [-0.3, -0.25) is 4.79 Å². The lowest BCUT2D eigenvalue weighted by Crippen LogP contribution is -2.17. The Balaban J connectivity index is 1.38. The molecule has 0 saturated heterocycles. The van der Waals surface area contributed by atoms with Crippen LogP contribution in [0.2, 0.25) is 0 Å². The predicted molar refractivity (Wildman–Crippen MR) is 114 cm³/mol. The predicted octanol–water partition coefficient (Wildman–Crippen LogP) is 4.96. The number of fused-ring (bicyclic) bond motifs is 4. The molecule has 4 heteroatoms. The first-order chi connectivity index (χ1) is 13.8. The number of hydrogen-bond acceptors (Lipinski definition) is 2. The highest BCUT2D eigenvalue weighted by atomic mass is 16.2. The number of rotatable bonds is 3. The Morgan fingerprint density at radius 3 is 2.79 bits per heavy atom. The summed E-state index contributed by atoms with van der Waals surface area (Å²) >= 11 is 0. The van der Waals surface area contributed by atoms with Crippen LogP contribution in [0.3, 0.4) is 0 Å². The van der Waals surface area contributed by atoms with E-state index >= 15 is 0 Å². The standard InChI is InChI=1S/C24H21N3O/c28-24(27-25-15-18-8-5-7-16-6-1-2-9-19(16)18)17-12-13-23-21(14-17)20-10-3-4-11-22(20)26-23/h1-2,5-9,12-15,26H,3-4,10-11H2,(H,27,28)/b25-15+. The van der Waals surface area contributed by atoms with Gasteiger partial charge in [0.25, 0.3) is 5.91 Å². The van der Waals surface area contributed by atoms with Crippen LogP contribution in [0, 0.1) is 0 Å². The van der Waals surface area contributed by atoms with Crippen molar-refractivity contribution in [2.24, 2.45) is 5.10 Å². The van der Waals surface area contributed by atoms with Gasteiger partial charge in [-0.05, 0) is 60.2 Å². The van der Waals surface area contributed by atoms with Gasteiger partial charge >= 0.3 is 0 Å². The zero-order chi connectivity index (χ0) is 18.9. The van der Waals surface area contributed by atoms with Crippen molar-refractivity contribution in [2.45, 2.75) is 25.7 Å². The number of nitrogens with zero attached hydrogens (tertiary/aromatic N) is 1. The maximum atomic E-state index is 12.6. The van der Waals surface area contributed by atoms with Crippen LogP contribution in [0.15, 0.2) is 65.8 Å². The largest absolute Gasteiger partial charge is 0.358 e. The molecule has 0 spiro atoms. The van der Waals surface area contributed by atoms with Gasteiger partial charge in [0.2, 0.25) is 0 Å². The Morgan fingerprint density at radius 1 is 0.964 bits per heavy atom. The van der Waals surface area contributed by atoms with Gasteiger partial charge in [-0.25, -0.2) is 5.43 Å². The van der Waals surface area contributed by atoms with Gasteiger partial charge in [0.05, 0.1) is 6.21 Å². The molecule has 0 bridgehead atoms. The van der Waals surface area contributed by atoms with Crippen LogP contribution >= 0.6 is 0 Å². The van der Waals surface area contributed by atoms with Crippen molar-refractivity contribution in [3.8, 4) is 0 Å². The second kappa shape index (κ2) is 6.97. The van der Waals surface area contributed by atoms with Crippen molar-refractivity contribution in [1.29, 1.82) is 0 Å². The quantitative estimate of drug-likeness (QED) is 0.390. The molecule has 0 radical (unpaired) electrons. The first-order valence-corrected chi connectivity index (χ1v) is 9.74. The van der Waals surface area contributed by atoms with Gasteiger partial charge < -0.3 is 4.98 Å². The molecular weight excluding hydrogens is 346 g/mol. The molecule has 1 aliphatic rings. The molecule has 3 aromatic carbocycles. The van der Waals surface area contributed by atoms with Gasteiger partial charge in [-0.15, -0.1) is 0 Å². The third kappa shape index (κ3) is 2.97. The maximum Gasteiger partial charge on any atom is 0.271 e. The van der Waals surface area contributed by atoms with Crippen LogP contribution < -0.4 is 5.43 Å². The number of amides is 1. The molecule has 1 aromatic heterocycles. The van der Waals surface area contributed by atoms with E-state index in [4.69, 9.17) is 0 Å². The first-order valence-electron chi connectivity index (χ1n) is 9.74. The van der Waals surface area contributed by atoms with E-state index in [1.54, 1.807) is 6.21 Å². The molecule has 1 aliphatic carbocycles. The average Bonchev–Trinajstić information content (AvgIpc) is 3.12. The molecule has 1 amide bonds. The van der Waals surface area contributed by atoms with E-state index in [0.717, 1.165) is 34.7 Å². The van der Waals surface area contributed by atoms with E-state index in [1.165, 1.54) is 29.5 Å². The Hall–Kier alpha value is -3.40. The summed E-state index contributed by atoms with van der Waals surface area (Å²) < 4.78 is 0. The van der Waals surface area contributed by atoms with Gasteiger partial charge in [-0.2, -0.15) is 5.10 Å². The monoisotopic (exact) mass is 367 g/mol. The number of aryl methyl sites for hydroxylation is 2. The lowest BCUT2D eigenvalue weighted by molar-refractivity contribution is 0.0955. The van der Waals surface area contributed by atoms with Crippen molar-refractivity contribution in [3.63, 3.8) is 0 Å². The average molecular weight is 367 g/mol. The lowest BCUT2D eigenvalue weighted by Gasteiger charge is -2.10. The Labute approximate surface area is 163 Å². The number of H-pyrrole nitrogens is 1. The second-order valence-corrected chi connectivity index (χ2v) is 7.32. The number of aromatic amines is 1. The fourth-order valence-corrected chi connectivity index (χ4v) is 4.14. The smallest absolute Gasteiger partial charge is 0.271 e. The summed E-state index contributed by atoms with van der Waals surface area (Å²) in [5.41, 5.74) is 8.09. The zero-order valence-corrected chi connectivity index (χ0v) is 15.5. The summed E-state index contributed by atoms with van der Waals surface area (Å²) in [6.45, 7) is 0. The van der Waals surface area contributed by atoms with Gasteiger partial charge in [-0.1, -0.05) is 42.5 Å². The minimum absolute atomic E-state index is 0.191. The van der Waals surface area contributed by atoms with E-state index < -0.39 is 0 Å². The molecule has 0 fully saturated rings. The summed E-state index contributed by atoms with van der Waals surface area (Å²) in [6.07, 6.45) is 6.33. The summed E-state index contributed by atoms with van der Waals surface area (Å²) in [6, 6.07) is 20.0. The minimum atomic E-state index is -0.191. The number of carbonyl (C=O) groups excluding carboxylic acids is 1. The van der Waals surface area contributed by atoms with Crippen LogP contribution in [-0.4, -0.2) is 17.1 Å². The molecule has 0 aliphatic heterocycles. The van der Waals surface area contributed by atoms with Crippen LogP contribution in [0.4, 0.5) is 0 Å². The molecule has 1 heterocycles. The summed E-state index contributed by atoms with van der Waals surface area (Å²) in [5, 5.41) is 7.63. The fraction of sp³-hybridized carbons (Fsp3) is 0.167. The normalized spacial score (nSPS) is 13.9. The molecule has 2 N–H and O–H groups in total. The van der Waals surface area contributed by atoms with E-state index in [0.29, 0.717) is 5.56 Å². The number of aromatic nitrogens is 1. The number of hydrogen-bond donors (Lipinski definition) is 2. The van der Waals surface area contributed by atoms with E-state index in [-0.39, 0.29) is 5.91 Å². The number of nitrogens with one attached hydrogen (secondary N) is 2. The molecule has 4 aromatic rings. The third-order valence-electron chi connectivity index (χ3n) is 5.55. The van der Waals surface area contributed by atoms with Crippen LogP contribution in [0.1, 0.15) is 40.0 Å². The molecule has 28 heavy (non-hydrogen) atoms. The molecular formula is C24H21N3O. The maximum absolute atomic E-state index is 12.6. The van der Waals surface area contributed by atoms with E-state index in [9.17, 15) is 4.79 Å². The van der Waals surface area contributed by atoms with Crippen LogP contribution in [0.5, 0.6) is 0 Å². The van der Waals surface area contributed by atoms with Crippen molar-refractivity contribution in [2.75, 3.05) is 0 Å². The highest BCUT2D eigenvalue weighted by molar-refractivity contribution is 6.02. The molecule has 5 rings (SSSR count). The lowest BCUT2D eigenvalue weighted by atomic mass is 9.95. The Bertz CT molecular complexity index is 1210. The summed E-state index contributed by atoms with van der Waals surface area (Å²) in [4.78, 5) is 16.1. The van der Waals surface area contributed by atoms with Gasteiger partial charge in [0.15, 0.2) is 0 Å². The molecule has 4 nitrogen and oxygen atoms in total. The highest BCUT2D eigenvalue weighted by Gasteiger charge is 2.16. The third-order valence-corrected chi connectivity index (χ3v) is 5.55. The Morgan fingerprint density at radius 2 is 1.82 bits per heavy atom. The molecule has 138 valence electrons. The fourth-order valence-electron chi connectivity index (χ4n) is 4.14. The van der Waals surface area contributed by atoms with Gasteiger partial charge in [0, 0.05) is 27.7 Å². The van der Waals surface area contributed by atoms with Crippen LogP contribution in [0.25, 0.3) is 21.7 Å². The van der Waals surface area contributed by atoms with E-state index in [1.807, 2.05) is 42.5 Å². The first kappa shape index (κ1) is 16.8.